The van der Waals surface area contributed by atoms with E-state index in [2.05, 4.69) is 5.32 Å². The first-order chi connectivity index (χ1) is 8.97. The predicted molar refractivity (Wildman–Crippen MR) is 70.1 cm³/mol. The summed E-state index contributed by atoms with van der Waals surface area (Å²) in [4.78, 5) is 22.7. The number of fused-ring (bicyclic) bond motifs is 1. The maximum absolute atomic E-state index is 11.5. The fraction of sp³-hybridized carbons (Fsp3) is 0.429. The lowest BCUT2D eigenvalue weighted by Crippen LogP contribution is -2.34. The highest BCUT2D eigenvalue weighted by molar-refractivity contribution is 5.94. The molecular formula is C14H17NO4. The number of carbonyl (C=O) groups is 2. The van der Waals surface area contributed by atoms with Crippen LogP contribution in [-0.2, 0) is 21.4 Å². The zero-order chi connectivity index (χ0) is 14.0. The van der Waals surface area contributed by atoms with Crippen LogP contribution < -0.4 is 5.32 Å². The number of rotatable bonds is 4. The smallest absolute Gasteiger partial charge is 0.313 e. The average molecular weight is 263 g/mol. The van der Waals surface area contributed by atoms with E-state index in [9.17, 15) is 14.7 Å². The lowest BCUT2D eigenvalue weighted by molar-refractivity contribution is -0.143. The van der Waals surface area contributed by atoms with Gasteiger partial charge < -0.3 is 15.5 Å². The largest absolute Gasteiger partial charge is 0.481 e. The number of aliphatic hydroxyl groups is 1. The fourth-order valence-corrected chi connectivity index (χ4v) is 2.32. The number of amides is 1. The van der Waals surface area contributed by atoms with Gasteiger partial charge in [-0.2, -0.15) is 0 Å². The number of hydrogen-bond acceptors (Lipinski definition) is 3. The van der Waals surface area contributed by atoms with Gasteiger partial charge in [0.1, 0.15) is 0 Å². The van der Waals surface area contributed by atoms with E-state index in [0.717, 1.165) is 11.3 Å². The monoisotopic (exact) mass is 263 g/mol. The highest BCUT2D eigenvalue weighted by Crippen LogP contribution is 2.32. The van der Waals surface area contributed by atoms with Gasteiger partial charge in [-0.3, -0.25) is 9.59 Å². The van der Waals surface area contributed by atoms with Crippen LogP contribution in [0.15, 0.2) is 18.2 Å². The summed E-state index contributed by atoms with van der Waals surface area (Å²) in [6, 6.07) is 5.26. The van der Waals surface area contributed by atoms with Crippen molar-refractivity contribution < 1.29 is 19.8 Å². The Balaban J connectivity index is 2.40. The first kappa shape index (κ1) is 13.5. The number of anilines is 1. The minimum atomic E-state index is -1.11. The first-order valence-electron chi connectivity index (χ1n) is 6.25. The van der Waals surface area contributed by atoms with Gasteiger partial charge in [0.05, 0.1) is 5.41 Å². The molecule has 2 rings (SSSR count). The van der Waals surface area contributed by atoms with Crippen molar-refractivity contribution in [2.75, 3.05) is 11.9 Å². The third-order valence-corrected chi connectivity index (χ3v) is 3.72. The summed E-state index contributed by atoms with van der Waals surface area (Å²) in [7, 11) is 0. The van der Waals surface area contributed by atoms with Gasteiger partial charge in [0.15, 0.2) is 0 Å². The predicted octanol–water partition coefficient (Wildman–Crippen LogP) is 1.30. The summed E-state index contributed by atoms with van der Waals surface area (Å²) in [6.07, 6.45) is 1.19. The number of benzene rings is 1. The van der Waals surface area contributed by atoms with Gasteiger partial charge in [-0.1, -0.05) is 12.1 Å². The van der Waals surface area contributed by atoms with Crippen molar-refractivity contribution in [2.45, 2.75) is 31.6 Å². The molecule has 102 valence electrons. The fourth-order valence-electron chi connectivity index (χ4n) is 2.32. The molecule has 0 saturated heterocycles. The molecule has 1 aromatic rings. The van der Waals surface area contributed by atoms with Crippen molar-refractivity contribution in [1.82, 2.24) is 0 Å². The van der Waals surface area contributed by atoms with Crippen LogP contribution in [0.4, 0.5) is 5.69 Å². The van der Waals surface area contributed by atoms with E-state index in [1.807, 2.05) is 6.07 Å². The van der Waals surface area contributed by atoms with Crippen LogP contribution in [0.25, 0.3) is 0 Å². The Morgan fingerprint density at radius 1 is 1.42 bits per heavy atom. The molecule has 1 aliphatic rings. The first-order valence-corrected chi connectivity index (χ1v) is 6.25. The molecule has 0 aromatic heterocycles. The van der Waals surface area contributed by atoms with Crippen LogP contribution >= 0.6 is 0 Å². The summed E-state index contributed by atoms with van der Waals surface area (Å²) in [5.74, 6) is -0.974. The molecule has 0 bridgehead atoms. The average Bonchev–Trinajstić information content (AvgIpc) is 2.38. The topological polar surface area (TPSA) is 86.6 Å². The second kappa shape index (κ2) is 5.01. The number of hydrogen-bond donors (Lipinski definition) is 3. The SMILES string of the molecule is CC(CCO)(C(=O)O)c1ccc2c(c1)CCC(=O)N2. The second-order valence-electron chi connectivity index (χ2n) is 5.03. The Bertz CT molecular complexity index is 526. The normalized spacial score (nSPS) is 17.3. The third-order valence-electron chi connectivity index (χ3n) is 3.72. The Morgan fingerprint density at radius 2 is 2.16 bits per heavy atom. The number of carboxylic acid groups (broad SMARTS) is 1. The molecule has 3 N–H and O–H groups in total. The summed E-state index contributed by atoms with van der Waals surface area (Å²) in [5, 5.41) is 21.2. The van der Waals surface area contributed by atoms with Crippen LogP contribution in [-0.4, -0.2) is 28.7 Å². The van der Waals surface area contributed by atoms with Crippen LogP contribution in [0.3, 0.4) is 0 Å². The molecule has 19 heavy (non-hydrogen) atoms. The minimum Gasteiger partial charge on any atom is -0.481 e. The lowest BCUT2D eigenvalue weighted by atomic mass is 9.78. The van der Waals surface area contributed by atoms with Crippen molar-refractivity contribution in [2.24, 2.45) is 0 Å². The summed E-state index contributed by atoms with van der Waals surface area (Å²) in [6.45, 7) is 1.42. The number of aryl methyl sites for hydroxylation is 1. The number of nitrogens with one attached hydrogen (secondary N) is 1. The number of aliphatic hydroxyl groups excluding tert-OH is 1. The Hall–Kier alpha value is -1.88. The molecule has 5 heteroatoms. The number of aliphatic carboxylic acids is 1. The molecule has 1 aromatic carbocycles. The van der Waals surface area contributed by atoms with Crippen molar-refractivity contribution >= 4 is 17.6 Å². The van der Waals surface area contributed by atoms with Crippen molar-refractivity contribution in [3.05, 3.63) is 29.3 Å². The van der Waals surface area contributed by atoms with Gasteiger partial charge in [-0.05, 0) is 37.0 Å². The molecule has 0 radical (unpaired) electrons. The molecule has 1 heterocycles. The third kappa shape index (κ3) is 2.46. The number of carboxylic acids is 1. The molecule has 0 fully saturated rings. The van der Waals surface area contributed by atoms with Gasteiger partial charge in [0.25, 0.3) is 0 Å². The van der Waals surface area contributed by atoms with Crippen LogP contribution in [0.2, 0.25) is 0 Å². The highest BCUT2D eigenvalue weighted by Gasteiger charge is 2.35. The molecule has 0 aliphatic carbocycles. The zero-order valence-corrected chi connectivity index (χ0v) is 10.8. The molecule has 1 atom stereocenters. The van der Waals surface area contributed by atoms with Crippen molar-refractivity contribution in [1.29, 1.82) is 0 Å². The van der Waals surface area contributed by atoms with Crippen molar-refractivity contribution in [3.63, 3.8) is 0 Å². The van der Waals surface area contributed by atoms with E-state index in [-0.39, 0.29) is 18.9 Å². The van der Waals surface area contributed by atoms with E-state index >= 15 is 0 Å². The molecule has 0 spiro atoms. The quantitative estimate of drug-likeness (QED) is 0.764. The van der Waals surface area contributed by atoms with E-state index in [4.69, 9.17) is 5.11 Å². The van der Waals surface area contributed by atoms with Gasteiger partial charge >= 0.3 is 5.97 Å². The second-order valence-corrected chi connectivity index (χ2v) is 5.03. The molecule has 1 amide bonds. The molecule has 5 nitrogen and oxygen atoms in total. The summed E-state index contributed by atoms with van der Waals surface area (Å²) in [5.41, 5.74) is 1.24. The Kier molecular flexibility index (Phi) is 3.57. The molecule has 0 saturated carbocycles. The molecule has 1 aliphatic heterocycles. The van der Waals surface area contributed by atoms with Gasteiger partial charge in [-0.15, -0.1) is 0 Å². The minimum absolute atomic E-state index is 0.0170. The molecule has 1 unspecified atom stereocenters. The Labute approximate surface area is 111 Å². The van der Waals surface area contributed by atoms with Gasteiger partial charge in [0, 0.05) is 18.7 Å². The maximum Gasteiger partial charge on any atom is 0.313 e. The van der Waals surface area contributed by atoms with E-state index in [1.165, 1.54) is 0 Å². The Morgan fingerprint density at radius 3 is 2.79 bits per heavy atom. The van der Waals surface area contributed by atoms with Crippen molar-refractivity contribution in [3.8, 4) is 0 Å². The standard InChI is InChI=1S/C14H17NO4/c1-14(6-7-16,13(18)19)10-3-4-11-9(8-10)2-5-12(17)15-11/h3-4,8,16H,2,5-7H2,1H3,(H,15,17)(H,18,19). The van der Waals surface area contributed by atoms with E-state index in [1.54, 1.807) is 19.1 Å². The summed E-state index contributed by atoms with van der Waals surface area (Å²) < 4.78 is 0. The van der Waals surface area contributed by atoms with Crippen LogP contribution in [0, 0.1) is 0 Å². The lowest BCUT2D eigenvalue weighted by Gasteiger charge is -2.26. The summed E-state index contributed by atoms with van der Waals surface area (Å²) >= 11 is 0. The van der Waals surface area contributed by atoms with Gasteiger partial charge in [-0.25, -0.2) is 0 Å². The highest BCUT2D eigenvalue weighted by atomic mass is 16.4. The maximum atomic E-state index is 11.5. The zero-order valence-electron chi connectivity index (χ0n) is 10.8. The van der Waals surface area contributed by atoms with E-state index in [0.29, 0.717) is 18.4 Å². The van der Waals surface area contributed by atoms with Crippen LogP contribution in [0.1, 0.15) is 30.9 Å². The molecular weight excluding hydrogens is 246 g/mol. The number of carbonyl (C=O) groups excluding carboxylic acids is 1. The van der Waals surface area contributed by atoms with E-state index < -0.39 is 11.4 Å². The van der Waals surface area contributed by atoms with Gasteiger partial charge in [0.2, 0.25) is 5.91 Å². The van der Waals surface area contributed by atoms with Crippen LogP contribution in [0.5, 0.6) is 0 Å².